The van der Waals surface area contributed by atoms with E-state index in [0.29, 0.717) is 22.8 Å². The molecule has 1 aromatic rings. The summed E-state index contributed by atoms with van der Waals surface area (Å²) in [5.74, 6) is 0.669. The van der Waals surface area contributed by atoms with Gasteiger partial charge in [-0.25, -0.2) is 0 Å². The molecular formula is C15H22ClN3O. The number of hydrogen-bond acceptors (Lipinski definition) is 3. The van der Waals surface area contributed by atoms with Crippen molar-refractivity contribution in [3.05, 3.63) is 28.8 Å². The predicted molar refractivity (Wildman–Crippen MR) is 83.0 cm³/mol. The average Bonchev–Trinajstić information content (AvgIpc) is 2.43. The van der Waals surface area contributed by atoms with Gasteiger partial charge in [0.1, 0.15) is 0 Å². The Morgan fingerprint density at radius 1 is 1.45 bits per heavy atom. The molecule has 2 rings (SSSR count). The van der Waals surface area contributed by atoms with Crippen LogP contribution in [0.25, 0.3) is 0 Å². The molecule has 4 nitrogen and oxygen atoms in total. The molecule has 0 aliphatic carbocycles. The van der Waals surface area contributed by atoms with Crippen LogP contribution in [-0.4, -0.2) is 37.0 Å². The topological polar surface area (TPSA) is 58.4 Å². The molecule has 1 aliphatic rings. The lowest BCUT2D eigenvalue weighted by molar-refractivity contribution is 0.0945. The Bertz CT molecular complexity index is 470. The highest BCUT2D eigenvalue weighted by molar-refractivity contribution is 6.31. The molecule has 1 aromatic carbocycles. The molecule has 0 saturated carbocycles. The molecule has 110 valence electrons. The molecule has 1 aliphatic heterocycles. The molecule has 0 unspecified atom stereocenters. The van der Waals surface area contributed by atoms with E-state index in [-0.39, 0.29) is 5.91 Å². The second-order valence-corrected chi connectivity index (χ2v) is 5.95. The van der Waals surface area contributed by atoms with Crippen LogP contribution in [0.4, 0.5) is 5.69 Å². The molecule has 0 atom stereocenters. The number of piperidine rings is 1. The van der Waals surface area contributed by atoms with E-state index in [1.807, 2.05) is 0 Å². The van der Waals surface area contributed by atoms with Crippen LogP contribution in [-0.2, 0) is 0 Å². The van der Waals surface area contributed by atoms with E-state index in [9.17, 15) is 4.79 Å². The number of nitrogen functional groups attached to an aromatic ring is 1. The van der Waals surface area contributed by atoms with Gasteiger partial charge in [0.05, 0.1) is 5.56 Å². The van der Waals surface area contributed by atoms with Crippen LogP contribution < -0.4 is 11.1 Å². The van der Waals surface area contributed by atoms with Crippen LogP contribution in [0.1, 0.15) is 30.1 Å². The highest BCUT2D eigenvalue weighted by Crippen LogP contribution is 2.18. The Labute approximate surface area is 125 Å². The first kappa shape index (κ1) is 15.1. The van der Waals surface area contributed by atoms with Gasteiger partial charge in [-0.05, 0) is 50.0 Å². The largest absolute Gasteiger partial charge is 0.398 e. The van der Waals surface area contributed by atoms with Crippen LogP contribution in [0.5, 0.6) is 0 Å². The number of nitrogens with two attached hydrogens (primary N) is 1. The number of likely N-dealkylation sites (tertiary alicyclic amines) is 1. The van der Waals surface area contributed by atoms with Crippen molar-refractivity contribution < 1.29 is 4.79 Å². The minimum Gasteiger partial charge on any atom is -0.398 e. The summed E-state index contributed by atoms with van der Waals surface area (Å²) in [5.41, 5.74) is 6.70. The summed E-state index contributed by atoms with van der Waals surface area (Å²) >= 11 is 5.89. The molecule has 0 aromatic heterocycles. The Morgan fingerprint density at radius 3 is 2.85 bits per heavy atom. The monoisotopic (exact) mass is 295 g/mol. The van der Waals surface area contributed by atoms with E-state index in [1.165, 1.54) is 12.8 Å². The van der Waals surface area contributed by atoms with Gasteiger partial charge in [-0.2, -0.15) is 0 Å². The second-order valence-electron chi connectivity index (χ2n) is 5.51. The van der Waals surface area contributed by atoms with Gasteiger partial charge in [0.25, 0.3) is 5.91 Å². The van der Waals surface area contributed by atoms with Gasteiger partial charge in [-0.1, -0.05) is 18.5 Å². The maximum atomic E-state index is 12.0. The predicted octanol–water partition coefficient (Wildman–Crippen LogP) is 2.38. The van der Waals surface area contributed by atoms with Gasteiger partial charge in [0, 0.05) is 23.8 Å². The van der Waals surface area contributed by atoms with Crippen LogP contribution in [0, 0.1) is 5.92 Å². The first-order valence-corrected chi connectivity index (χ1v) is 7.49. The third-order valence-corrected chi connectivity index (χ3v) is 4.08. The van der Waals surface area contributed by atoms with Crippen molar-refractivity contribution in [2.24, 2.45) is 5.92 Å². The number of nitrogens with one attached hydrogen (secondary N) is 1. The number of carbonyl (C=O) groups is 1. The van der Waals surface area contributed by atoms with Crippen LogP contribution in [0.2, 0.25) is 5.02 Å². The molecule has 20 heavy (non-hydrogen) atoms. The lowest BCUT2D eigenvalue weighted by Gasteiger charge is -2.30. The minimum absolute atomic E-state index is 0.157. The Kier molecular flexibility index (Phi) is 5.26. The second kappa shape index (κ2) is 6.95. The van der Waals surface area contributed by atoms with Gasteiger partial charge in [-0.15, -0.1) is 0 Å². The average molecular weight is 296 g/mol. The third kappa shape index (κ3) is 4.12. The smallest absolute Gasteiger partial charge is 0.253 e. The Balaban J connectivity index is 1.79. The normalized spacial score (nSPS) is 17.1. The fraction of sp³-hybridized carbons (Fsp3) is 0.533. The van der Waals surface area contributed by atoms with E-state index in [2.05, 4.69) is 17.1 Å². The summed E-state index contributed by atoms with van der Waals surface area (Å²) in [6, 6.07) is 4.95. The van der Waals surface area contributed by atoms with E-state index >= 15 is 0 Å². The quantitative estimate of drug-likeness (QED) is 0.839. The lowest BCUT2D eigenvalue weighted by atomic mass is 9.99. The third-order valence-electron chi connectivity index (χ3n) is 3.85. The highest BCUT2D eigenvalue weighted by Gasteiger charge is 2.16. The van der Waals surface area contributed by atoms with Crippen molar-refractivity contribution in [1.29, 1.82) is 0 Å². The highest BCUT2D eigenvalue weighted by atomic mass is 35.5. The molecule has 1 fully saturated rings. The maximum absolute atomic E-state index is 12.0. The minimum atomic E-state index is -0.157. The number of rotatable bonds is 4. The van der Waals surface area contributed by atoms with Crippen molar-refractivity contribution in [1.82, 2.24) is 10.2 Å². The van der Waals surface area contributed by atoms with Gasteiger partial charge in [0.15, 0.2) is 0 Å². The molecule has 1 saturated heterocycles. The molecule has 0 spiro atoms. The molecule has 0 bridgehead atoms. The zero-order valence-corrected chi connectivity index (χ0v) is 12.6. The zero-order chi connectivity index (χ0) is 14.5. The summed E-state index contributed by atoms with van der Waals surface area (Å²) in [7, 11) is 0. The summed E-state index contributed by atoms with van der Waals surface area (Å²) in [4.78, 5) is 14.4. The summed E-state index contributed by atoms with van der Waals surface area (Å²) in [5, 5.41) is 3.43. The SMILES string of the molecule is CC1CCN(CCNC(=O)c2cc(Cl)ccc2N)CC1. The number of amides is 1. The van der Waals surface area contributed by atoms with Crippen LogP contribution >= 0.6 is 11.6 Å². The first-order valence-electron chi connectivity index (χ1n) is 7.12. The van der Waals surface area contributed by atoms with Gasteiger partial charge < -0.3 is 16.0 Å². The fourth-order valence-corrected chi connectivity index (χ4v) is 2.61. The zero-order valence-electron chi connectivity index (χ0n) is 11.9. The standard InChI is InChI=1S/C15H22ClN3O/c1-11-4-7-19(8-5-11)9-6-18-15(20)13-10-12(16)2-3-14(13)17/h2-3,10-11H,4-9,17H2,1H3,(H,18,20). The molecule has 5 heteroatoms. The number of hydrogen-bond donors (Lipinski definition) is 2. The van der Waals surface area contributed by atoms with E-state index in [4.69, 9.17) is 17.3 Å². The molecular weight excluding hydrogens is 274 g/mol. The number of nitrogens with zero attached hydrogens (tertiary/aromatic N) is 1. The van der Waals surface area contributed by atoms with E-state index < -0.39 is 0 Å². The summed E-state index contributed by atoms with van der Waals surface area (Å²) in [6.45, 7) is 6.06. The van der Waals surface area contributed by atoms with Gasteiger partial charge in [0.2, 0.25) is 0 Å². The number of benzene rings is 1. The van der Waals surface area contributed by atoms with Crippen LogP contribution in [0.15, 0.2) is 18.2 Å². The van der Waals surface area contributed by atoms with E-state index in [0.717, 1.165) is 25.6 Å². The van der Waals surface area contributed by atoms with Gasteiger partial charge in [-0.3, -0.25) is 4.79 Å². The Morgan fingerprint density at radius 2 is 2.15 bits per heavy atom. The lowest BCUT2D eigenvalue weighted by Crippen LogP contribution is -2.39. The summed E-state index contributed by atoms with van der Waals surface area (Å²) < 4.78 is 0. The maximum Gasteiger partial charge on any atom is 0.253 e. The van der Waals surface area contributed by atoms with Crippen molar-refractivity contribution >= 4 is 23.2 Å². The summed E-state index contributed by atoms with van der Waals surface area (Å²) in [6.07, 6.45) is 2.49. The van der Waals surface area contributed by atoms with E-state index in [1.54, 1.807) is 18.2 Å². The van der Waals surface area contributed by atoms with Crippen molar-refractivity contribution in [2.45, 2.75) is 19.8 Å². The number of carbonyl (C=O) groups excluding carboxylic acids is 1. The molecule has 1 heterocycles. The van der Waals surface area contributed by atoms with Crippen molar-refractivity contribution in [3.63, 3.8) is 0 Å². The number of halogens is 1. The fourth-order valence-electron chi connectivity index (χ4n) is 2.43. The van der Waals surface area contributed by atoms with Gasteiger partial charge >= 0.3 is 0 Å². The first-order chi connectivity index (χ1) is 9.56. The van der Waals surface area contributed by atoms with Crippen molar-refractivity contribution in [2.75, 3.05) is 31.9 Å². The molecule has 0 radical (unpaired) electrons. The van der Waals surface area contributed by atoms with Crippen molar-refractivity contribution in [3.8, 4) is 0 Å². The Hall–Kier alpha value is -1.26. The molecule has 3 N–H and O–H groups in total. The van der Waals surface area contributed by atoms with Crippen LogP contribution in [0.3, 0.4) is 0 Å². The number of anilines is 1. The molecule has 1 amide bonds.